The molecule has 0 atom stereocenters. The summed E-state index contributed by atoms with van der Waals surface area (Å²) >= 11 is 1.55. The standard InChI is InChI=1S/C27H34O3S/c1-3-4-5-6-7-8-9-10-11-12-19-30-27(29)21-16-14-18-23-25(21)26(28)24-20(2)15-13-17-22(24)31-23/h13-18H,3-12,19H2,1-2H3. The number of ether oxygens (including phenoxy) is 1. The lowest BCUT2D eigenvalue weighted by Crippen LogP contribution is -2.12. The van der Waals surface area contributed by atoms with Crippen LogP contribution in [-0.2, 0) is 4.74 Å². The number of hydrogen-bond acceptors (Lipinski definition) is 4. The smallest absolute Gasteiger partial charge is 0.338 e. The van der Waals surface area contributed by atoms with E-state index in [1.807, 2.05) is 37.3 Å². The third-order valence-electron chi connectivity index (χ3n) is 5.89. The fourth-order valence-corrected chi connectivity index (χ4v) is 5.30. The van der Waals surface area contributed by atoms with Gasteiger partial charge in [-0.15, -0.1) is 11.3 Å². The van der Waals surface area contributed by atoms with Crippen LogP contribution in [0.3, 0.4) is 0 Å². The van der Waals surface area contributed by atoms with E-state index < -0.39 is 5.97 Å². The SMILES string of the molecule is CCCCCCCCCCCCOC(=O)c1cccc2sc3cccc(C)c3c(=O)c12. The van der Waals surface area contributed by atoms with Crippen LogP contribution in [0.2, 0.25) is 0 Å². The Bertz CT molecular complexity index is 1070. The molecule has 31 heavy (non-hydrogen) atoms. The molecule has 0 N–H and O–H groups in total. The molecule has 3 nitrogen and oxygen atoms in total. The second-order valence-corrected chi connectivity index (χ2v) is 9.46. The van der Waals surface area contributed by atoms with Gasteiger partial charge in [0.25, 0.3) is 0 Å². The lowest BCUT2D eigenvalue weighted by Gasteiger charge is -2.09. The minimum Gasteiger partial charge on any atom is -0.462 e. The van der Waals surface area contributed by atoms with E-state index in [1.165, 1.54) is 51.4 Å². The molecule has 1 aromatic heterocycles. The van der Waals surface area contributed by atoms with Gasteiger partial charge in [-0.05, 0) is 37.1 Å². The highest BCUT2D eigenvalue weighted by Crippen LogP contribution is 2.28. The molecule has 0 unspecified atom stereocenters. The molecule has 0 saturated heterocycles. The van der Waals surface area contributed by atoms with Crippen molar-refractivity contribution in [2.24, 2.45) is 0 Å². The van der Waals surface area contributed by atoms with E-state index in [2.05, 4.69) is 6.92 Å². The highest BCUT2D eigenvalue weighted by atomic mass is 32.1. The highest BCUT2D eigenvalue weighted by molar-refractivity contribution is 7.24. The number of aryl methyl sites for hydroxylation is 1. The molecule has 0 spiro atoms. The van der Waals surface area contributed by atoms with Gasteiger partial charge in [-0.1, -0.05) is 82.9 Å². The maximum atomic E-state index is 13.2. The van der Waals surface area contributed by atoms with Gasteiger partial charge in [0.2, 0.25) is 0 Å². The summed E-state index contributed by atoms with van der Waals surface area (Å²) in [6, 6.07) is 11.3. The number of hydrogen-bond donors (Lipinski definition) is 0. The van der Waals surface area contributed by atoms with E-state index in [9.17, 15) is 9.59 Å². The molecule has 0 aliphatic rings. The van der Waals surface area contributed by atoms with Crippen molar-refractivity contribution < 1.29 is 9.53 Å². The second-order valence-electron chi connectivity index (χ2n) is 8.38. The van der Waals surface area contributed by atoms with Crippen LogP contribution < -0.4 is 5.43 Å². The number of benzene rings is 2. The first-order chi connectivity index (χ1) is 15.1. The van der Waals surface area contributed by atoms with E-state index >= 15 is 0 Å². The predicted molar refractivity (Wildman–Crippen MR) is 132 cm³/mol. The summed E-state index contributed by atoms with van der Waals surface area (Å²) in [6.45, 7) is 4.60. The minimum atomic E-state index is -0.390. The average Bonchev–Trinajstić information content (AvgIpc) is 2.77. The average molecular weight is 439 g/mol. The largest absolute Gasteiger partial charge is 0.462 e. The summed E-state index contributed by atoms with van der Waals surface area (Å²) < 4.78 is 7.31. The van der Waals surface area contributed by atoms with E-state index in [0.29, 0.717) is 22.9 Å². The molecule has 0 aliphatic heterocycles. The van der Waals surface area contributed by atoms with E-state index in [-0.39, 0.29) is 5.43 Å². The van der Waals surface area contributed by atoms with Gasteiger partial charge < -0.3 is 4.74 Å². The van der Waals surface area contributed by atoms with Gasteiger partial charge >= 0.3 is 5.97 Å². The van der Waals surface area contributed by atoms with Crippen molar-refractivity contribution >= 4 is 37.5 Å². The molecule has 3 aromatic rings. The van der Waals surface area contributed by atoms with Crippen molar-refractivity contribution in [1.29, 1.82) is 0 Å². The quantitative estimate of drug-likeness (QED) is 0.165. The van der Waals surface area contributed by atoms with Crippen LogP contribution in [0.1, 0.15) is 87.1 Å². The minimum absolute atomic E-state index is 0.0756. The zero-order chi connectivity index (χ0) is 22.1. The third kappa shape index (κ3) is 6.16. The van der Waals surface area contributed by atoms with Gasteiger partial charge in [0, 0.05) is 14.8 Å². The second kappa shape index (κ2) is 12.0. The van der Waals surface area contributed by atoms with Crippen molar-refractivity contribution in [1.82, 2.24) is 0 Å². The van der Waals surface area contributed by atoms with Crippen LogP contribution in [0.25, 0.3) is 20.2 Å². The Morgan fingerprint density at radius 1 is 0.806 bits per heavy atom. The maximum absolute atomic E-state index is 13.2. The van der Waals surface area contributed by atoms with Crippen molar-refractivity contribution in [2.45, 2.75) is 78.1 Å². The number of carbonyl (C=O) groups excluding carboxylic acids is 1. The van der Waals surface area contributed by atoms with Crippen molar-refractivity contribution in [3.8, 4) is 0 Å². The van der Waals surface area contributed by atoms with Gasteiger partial charge in [0.1, 0.15) is 0 Å². The Morgan fingerprint density at radius 3 is 2.06 bits per heavy atom. The van der Waals surface area contributed by atoms with E-state index in [0.717, 1.165) is 27.8 Å². The molecule has 4 heteroatoms. The number of rotatable bonds is 12. The highest BCUT2D eigenvalue weighted by Gasteiger charge is 2.17. The molecule has 1 heterocycles. The lowest BCUT2D eigenvalue weighted by atomic mass is 10.1. The normalized spacial score (nSPS) is 11.3. The van der Waals surface area contributed by atoms with Crippen LogP contribution in [0.15, 0.2) is 41.2 Å². The lowest BCUT2D eigenvalue weighted by molar-refractivity contribution is 0.0500. The first kappa shape index (κ1) is 23.5. The third-order valence-corrected chi connectivity index (χ3v) is 7.01. The Hall–Kier alpha value is -2.20. The molecule has 166 valence electrons. The van der Waals surface area contributed by atoms with Crippen LogP contribution in [0.5, 0.6) is 0 Å². The van der Waals surface area contributed by atoms with Gasteiger partial charge in [-0.2, -0.15) is 0 Å². The zero-order valence-electron chi connectivity index (χ0n) is 18.9. The molecule has 0 saturated carbocycles. The Labute approximate surface area is 189 Å². The fraction of sp³-hybridized carbons (Fsp3) is 0.481. The van der Waals surface area contributed by atoms with Crippen molar-refractivity contribution in [2.75, 3.05) is 6.61 Å². The molecule has 3 rings (SSSR count). The van der Waals surface area contributed by atoms with Gasteiger partial charge in [-0.3, -0.25) is 4.79 Å². The molecule has 0 amide bonds. The number of fused-ring (bicyclic) bond motifs is 2. The van der Waals surface area contributed by atoms with Crippen LogP contribution in [0, 0.1) is 6.92 Å². The van der Waals surface area contributed by atoms with Crippen molar-refractivity contribution in [3.05, 3.63) is 57.7 Å². The summed E-state index contributed by atoms with van der Waals surface area (Å²) in [5, 5.41) is 1.19. The molecule has 0 aliphatic carbocycles. The first-order valence-electron chi connectivity index (χ1n) is 11.8. The first-order valence-corrected chi connectivity index (χ1v) is 12.6. The molecule has 0 fully saturated rings. The molecular weight excluding hydrogens is 404 g/mol. The molecule has 2 aromatic carbocycles. The molecule has 0 radical (unpaired) electrons. The van der Waals surface area contributed by atoms with Gasteiger partial charge in [-0.25, -0.2) is 4.79 Å². The summed E-state index contributed by atoms with van der Waals surface area (Å²) in [5.74, 6) is -0.390. The number of unbranched alkanes of at least 4 members (excludes halogenated alkanes) is 9. The topological polar surface area (TPSA) is 43.4 Å². The van der Waals surface area contributed by atoms with Crippen molar-refractivity contribution in [3.63, 3.8) is 0 Å². The Balaban J connectivity index is 1.54. The van der Waals surface area contributed by atoms with Crippen LogP contribution in [0.4, 0.5) is 0 Å². The Kier molecular flexibility index (Phi) is 9.08. The van der Waals surface area contributed by atoms with E-state index in [1.54, 1.807) is 17.4 Å². The zero-order valence-corrected chi connectivity index (χ0v) is 19.7. The number of carbonyl (C=O) groups is 1. The van der Waals surface area contributed by atoms with E-state index in [4.69, 9.17) is 4.74 Å². The summed E-state index contributed by atoms with van der Waals surface area (Å²) in [4.78, 5) is 25.9. The summed E-state index contributed by atoms with van der Waals surface area (Å²) in [5.41, 5.74) is 1.25. The predicted octanol–water partition coefficient (Wildman–Crippen LogP) is 7.80. The molecule has 0 bridgehead atoms. The summed E-state index contributed by atoms with van der Waals surface area (Å²) in [7, 11) is 0. The van der Waals surface area contributed by atoms with Gasteiger partial charge in [0.15, 0.2) is 5.43 Å². The van der Waals surface area contributed by atoms with Crippen LogP contribution >= 0.6 is 11.3 Å². The summed E-state index contributed by atoms with van der Waals surface area (Å²) in [6.07, 6.45) is 12.4. The Morgan fingerprint density at radius 2 is 1.39 bits per heavy atom. The molecular formula is C27H34O3S. The number of esters is 1. The maximum Gasteiger partial charge on any atom is 0.338 e. The van der Waals surface area contributed by atoms with Crippen LogP contribution in [-0.4, -0.2) is 12.6 Å². The monoisotopic (exact) mass is 438 g/mol. The van der Waals surface area contributed by atoms with Gasteiger partial charge in [0.05, 0.1) is 17.6 Å². The fourth-order valence-electron chi connectivity index (χ4n) is 4.11.